The standard InChI is InChI=1S/C12H14FNO2/c13-12(4-5-14-8-12)7-9-2-1-3-10(6-9)11(15)16/h1-3,6,14H,4-5,7-8H2,(H,15,16). The van der Waals surface area contributed by atoms with E-state index in [1.807, 2.05) is 0 Å². The second-order valence-corrected chi connectivity index (χ2v) is 4.26. The summed E-state index contributed by atoms with van der Waals surface area (Å²) in [5.74, 6) is -0.973. The van der Waals surface area contributed by atoms with Crippen LogP contribution in [0, 0.1) is 0 Å². The Labute approximate surface area is 93.3 Å². The van der Waals surface area contributed by atoms with Crippen molar-refractivity contribution in [3.63, 3.8) is 0 Å². The topological polar surface area (TPSA) is 49.3 Å². The zero-order valence-corrected chi connectivity index (χ0v) is 8.87. The van der Waals surface area contributed by atoms with Gasteiger partial charge in [-0.15, -0.1) is 0 Å². The van der Waals surface area contributed by atoms with E-state index < -0.39 is 11.6 Å². The number of rotatable bonds is 3. The van der Waals surface area contributed by atoms with Gasteiger partial charge in [-0.05, 0) is 30.7 Å². The molecule has 1 heterocycles. The first-order valence-electron chi connectivity index (χ1n) is 5.31. The second kappa shape index (κ2) is 4.22. The Bertz CT molecular complexity index is 400. The minimum atomic E-state index is -1.23. The largest absolute Gasteiger partial charge is 0.478 e. The zero-order chi connectivity index (χ0) is 11.6. The fraction of sp³-hybridized carbons (Fsp3) is 0.417. The molecule has 1 unspecified atom stereocenters. The highest BCUT2D eigenvalue weighted by Gasteiger charge is 2.33. The summed E-state index contributed by atoms with van der Waals surface area (Å²) in [6.45, 7) is 1.04. The minimum Gasteiger partial charge on any atom is -0.478 e. The average Bonchev–Trinajstić information content (AvgIpc) is 2.65. The van der Waals surface area contributed by atoms with Crippen LogP contribution in [0.1, 0.15) is 22.3 Å². The van der Waals surface area contributed by atoms with Crippen LogP contribution in [0.25, 0.3) is 0 Å². The van der Waals surface area contributed by atoms with E-state index in [1.54, 1.807) is 18.2 Å². The fourth-order valence-electron chi connectivity index (χ4n) is 2.04. The molecule has 0 saturated carbocycles. The summed E-state index contributed by atoms with van der Waals surface area (Å²) in [6.07, 6.45) is 0.769. The molecule has 1 aromatic carbocycles. The van der Waals surface area contributed by atoms with Crippen molar-refractivity contribution < 1.29 is 14.3 Å². The predicted octanol–water partition coefficient (Wildman–Crippen LogP) is 1.63. The van der Waals surface area contributed by atoms with Crippen molar-refractivity contribution in [3.8, 4) is 0 Å². The Morgan fingerprint density at radius 3 is 3.00 bits per heavy atom. The number of hydrogen-bond acceptors (Lipinski definition) is 2. The van der Waals surface area contributed by atoms with Crippen LogP contribution in [0.2, 0.25) is 0 Å². The van der Waals surface area contributed by atoms with E-state index in [1.165, 1.54) is 6.07 Å². The Hall–Kier alpha value is -1.42. The molecule has 86 valence electrons. The van der Waals surface area contributed by atoms with Crippen LogP contribution in [0.3, 0.4) is 0 Å². The number of carboxylic acids is 1. The van der Waals surface area contributed by atoms with Crippen LogP contribution in [0.15, 0.2) is 24.3 Å². The number of alkyl halides is 1. The summed E-state index contributed by atoms with van der Waals surface area (Å²) in [5.41, 5.74) is -0.268. The molecule has 2 rings (SSSR count). The summed E-state index contributed by atoms with van der Waals surface area (Å²) >= 11 is 0. The van der Waals surface area contributed by atoms with Gasteiger partial charge in [-0.2, -0.15) is 0 Å². The predicted molar refractivity (Wildman–Crippen MR) is 58.4 cm³/mol. The highest BCUT2D eigenvalue weighted by Crippen LogP contribution is 2.25. The molecule has 4 heteroatoms. The lowest BCUT2D eigenvalue weighted by Crippen LogP contribution is -2.28. The maximum absolute atomic E-state index is 14.1. The van der Waals surface area contributed by atoms with Crippen molar-refractivity contribution in [1.82, 2.24) is 5.32 Å². The van der Waals surface area contributed by atoms with Crippen molar-refractivity contribution in [2.75, 3.05) is 13.1 Å². The maximum Gasteiger partial charge on any atom is 0.335 e. The van der Waals surface area contributed by atoms with Gasteiger partial charge in [0.25, 0.3) is 0 Å². The van der Waals surface area contributed by atoms with Crippen molar-refractivity contribution >= 4 is 5.97 Å². The quantitative estimate of drug-likeness (QED) is 0.818. The number of nitrogens with one attached hydrogen (secondary N) is 1. The first-order chi connectivity index (χ1) is 7.59. The van der Waals surface area contributed by atoms with E-state index in [-0.39, 0.29) is 12.0 Å². The first-order valence-corrected chi connectivity index (χ1v) is 5.31. The van der Waals surface area contributed by atoms with Crippen LogP contribution in [0.5, 0.6) is 0 Å². The number of aromatic carboxylic acids is 1. The van der Waals surface area contributed by atoms with E-state index in [9.17, 15) is 9.18 Å². The van der Waals surface area contributed by atoms with Crippen LogP contribution in [-0.2, 0) is 6.42 Å². The van der Waals surface area contributed by atoms with E-state index in [0.717, 1.165) is 5.56 Å². The van der Waals surface area contributed by atoms with Crippen LogP contribution >= 0.6 is 0 Å². The minimum absolute atomic E-state index is 0.215. The van der Waals surface area contributed by atoms with Gasteiger partial charge in [0.2, 0.25) is 0 Å². The molecule has 0 bridgehead atoms. The molecule has 3 nitrogen and oxygen atoms in total. The first kappa shape index (κ1) is 11.1. The van der Waals surface area contributed by atoms with Gasteiger partial charge in [0.05, 0.1) is 5.56 Å². The number of carboxylic acid groups (broad SMARTS) is 1. The molecule has 0 aliphatic carbocycles. The van der Waals surface area contributed by atoms with Crippen molar-refractivity contribution in [3.05, 3.63) is 35.4 Å². The number of carbonyl (C=O) groups is 1. The third-order valence-corrected chi connectivity index (χ3v) is 2.89. The lowest BCUT2D eigenvalue weighted by Gasteiger charge is -2.18. The maximum atomic E-state index is 14.1. The number of hydrogen-bond donors (Lipinski definition) is 2. The Morgan fingerprint density at radius 1 is 1.56 bits per heavy atom. The summed E-state index contributed by atoms with van der Waals surface area (Å²) in [7, 11) is 0. The van der Waals surface area contributed by atoms with E-state index >= 15 is 0 Å². The lowest BCUT2D eigenvalue weighted by molar-refractivity contribution is 0.0696. The highest BCUT2D eigenvalue weighted by atomic mass is 19.1. The summed E-state index contributed by atoms with van der Waals surface area (Å²) in [5, 5.41) is 11.8. The molecule has 16 heavy (non-hydrogen) atoms. The normalized spacial score (nSPS) is 24.6. The van der Waals surface area contributed by atoms with Crippen molar-refractivity contribution in [1.29, 1.82) is 0 Å². The molecular weight excluding hydrogens is 209 g/mol. The van der Waals surface area contributed by atoms with Crippen molar-refractivity contribution in [2.24, 2.45) is 0 Å². The molecule has 0 amide bonds. The van der Waals surface area contributed by atoms with Gasteiger partial charge >= 0.3 is 5.97 Å². The summed E-state index contributed by atoms with van der Waals surface area (Å²) in [4.78, 5) is 10.8. The number of halogens is 1. The molecule has 1 aliphatic rings. The van der Waals surface area contributed by atoms with E-state index in [2.05, 4.69) is 5.32 Å². The van der Waals surface area contributed by atoms with Crippen LogP contribution in [-0.4, -0.2) is 29.8 Å². The molecule has 0 aromatic heterocycles. The highest BCUT2D eigenvalue weighted by molar-refractivity contribution is 5.87. The summed E-state index contributed by atoms with van der Waals surface area (Å²) in [6, 6.07) is 6.49. The SMILES string of the molecule is O=C(O)c1cccc(CC2(F)CCNC2)c1. The van der Waals surface area contributed by atoms with Gasteiger partial charge in [0, 0.05) is 13.0 Å². The third-order valence-electron chi connectivity index (χ3n) is 2.89. The molecule has 2 N–H and O–H groups in total. The van der Waals surface area contributed by atoms with Gasteiger partial charge in [-0.1, -0.05) is 12.1 Å². The second-order valence-electron chi connectivity index (χ2n) is 4.26. The summed E-state index contributed by atoms with van der Waals surface area (Å²) < 4.78 is 14.1. The molecule has 1 aliphatic heterocycles. The Balaban J connectivity index is 2.15. The molecule has 1 saturated heterocycles. The Kier molecular flexibility index (Phi) is 2.92. The van der Waals surface area contributed by atoms with Gasteiger partial charge in [-0.25, -0.2) is 9.18 Å². The van der Waals surface area contributed by atoms with E-state index in [0.29, 0.717) is 19.5 Å². The van der Waals surface area contributed by atoms with E-state index in [4.69, 9.17) is 5.11 Å². The van der Waals surface area contributed by atoms with Crippen LogP contribution < -0.4 is 5.32 Å². The average molecular weight is 223 g/mol. The fourth-order valence-corrected chi connectivity index (χ4v) is 2.04. The third kappa shape index (κ3) is 2.39. The molecule has 0 radical (unpaired) electrons. The van der Waals surface area contributed by atoms with Crippen LogP contribution in [0.4, 0.5) is 4.39 Å². The zero-order valence-electron chi connectivity index (χ0n) is 8.87. The van der Waals surface area contributed by atoms with Gasteiger partial charge in [0.15, 0.2) is 0 Å². The molecular formula is C12H14FNO2. The Morgan fingerprint density at radius 2 is 2.38 bits per heavy atom. The van der Waals surface area contributed by atoms with Gasteiger partial charge in [0.1, 0.15) is 5.67 Å². The lowest BCUT2D eigenvalue weighted by atomic mass is 9.94. The molecule has 1 fully saturated rings. The van der Waals surface area contributed by atoms with Gasteiger partial charge in [-0.3, -0.25) is 0 Å². The molecule has 1 atom stereocenters. The monoisotopic (exact) mass is 223 g/mol. The van der Waals surface area contributed by atoms with Crippen molar-refractivity contribution in [2.45, 2.75) is 18.5 Å². The molecule has 1 aromatic rings. The number of benzene rings is 1. The molecule has 0 spiro atoms. The smallest absolute Gasteiger partial charge is 0.335 e. The van der Waals surface area contributed by atoms with Gasteiger partial charge < -0.3 is 10.4 Å².